The fourth-order valence-electron chi connectivity index (χ4n) is 9.54. The monoisotopic (exact) mass is 902 g/mol. The van der Waals surface area contributed by atoms with Crippen molar-refractivity contribution in [1.29, 1.82) is 0 Å². The minimum Gasteiger partial charge on any atom is -0.507 e. The molecule has 0 aliphatic rings. The second-order valence-corrected chi connectivity index (χ2v) is 17.5. The highest BCUT2D eigenvalue weighted by Crippen LogP contribution is 2.44. The predicted octanol–water partition coefficient (Wildman–Crippen LogP) is 12.3. The molecule has 338 valence electrons. The van der Waals surface area contributed by atoms with E-state index in [-0.39, 0.29) is 83.2 Å². The number of hydrogen-bond acceptors (Lipinski definition) is 10. The lowest BCUT2D eigenvalue weighted by atomic mass is 9.92. The van der Waals surface area contributed by atoms with Gasteiger partial charge in [-0.15, -0.1) is 0 Å². The summed E-state index contributed by atoms with van der Waals surface area (Å²) >= 11 is 0. The van der Waals surface area contributed by atoms with Crippen molar-refractivity contribution in [3.8, 4) is 57.5 Å². The summed E-state index contributed by atoms with van der Waals surface area (Å²) in [6.07, 6.45) is 0.619. The minimum absolute atomic E-state index is 0.0100. The van der Waals surface area contributed by atoms with Crippen molar-refractivity contribution in [2.75, 3.05) is 0 Å². The van der Waals surface area contributed by atoms with Crippen molar-refractivity contribution >= 4 is 43.1 Å². The molecule has 10 rings (SSSR count). The van der Waals surface area contributed by atoms with Crippen molar-refractivity contribution < 1.29 is 50.6 Å². The van der Waals surface area contributed by atoms with Crippen LogP contribution in [0.15, 0.2) is 146 Å². The third-order valence-electron chi connectivity index (χ3n) is 12.9. The van der Waals surface area contributed by atoms with Gasteiger partial charge in [-0.3, -0.25) is 9.78 Å². The molecule has 10 heteroatoms. The lowest BCUT2D eigenvalue weighted by Gasteiger charge is -2.18. The molecule has 8 N–H and O–H groups in total. The number of phenols is 8. The molecule has 0 aliphatic carbocycles. The summed E-state index contributed by atoms with van der Waals surface area (Å²) in [5, 5.41) is 94.0. The first kappa shape index (κ1) is 43.1. The fraction of sp³-hybridized carbons (Fsp3) is 0.103. The normalized spacial score (nSPS) is 11.5. The highest BCUT2D eigenvalue weighted by Gasteiger charge is 2.22. The van der Waals surface area contributed by atoms with E-state index in [9.17, 15) is 40.9 Å². The number of fused-ring (bicyclic) bond motifs is 4. The topological polar surface area (TPSA) is 180 Å². The molecule has 0 bridgehead atoms. The standard InChI is InChI=1S/C58H46O10/c1-31-21-35(25-33-17-19-42-46(55(33)64)13-7-15-49(42)59)53(62)36(22-31)26-34-18-20-43-48(14-8-16-50(43)60)58(34)68-67-52-30-40(57(66)47-12-6-4-10-44(47)52)28-38-24-32(2)23-37(54(38)63)27-39-29-51(61)41-9-3-5-11-45(41)56(39)65/h3-24,29-30,59-66H,25-28H2,1-2H3. The largest absolute Gasteiger partial charge is 0.507 e. The zero-order valence-electron chi connectivity index (χ0n) is 37.1. The minimum atomic E-state index is -0.0222. The zero-order valence-corrected chi connectivity index (χ0v) is 37.1. The van der Waals surface area contributed by atoms with Gasteiger partial charge in [0.25, 0.3) is 0 Å². The molecule has 0 saturated heterocycles. The lowest BCUT2D eigenvalue weighted by molar-refractivity contribution is -0.0976. The first-order chi connectivity index (χ1) is 32.8. The Hall–Kier alpha value is -8.76. The summed E-state index contributed by atoms with van der Waals surface area (Å²) in [6, 6.07) is 41.9. The number of aromatic hydroxyl groups is 8. The second-order valence-electron chi connectivity index (χ2n) is 17.5. The van der Waals surface area contributed by atoms with Gasteiger partial charge in [-0.05, 0) is 65.9 Å². The molecule has 10 aromatic carbocycles. The molecule has 0 heterocycles. The van der Waals surface area contributed by atoms with Crippen molar-refractivity contribution in [2.24, 2.45) is 0 Å². The third-order valence-corrected chi connectivity index (χ3v) is 12.9. The molecule has 10 aromatic rings. The van der Waals surface area contributed by atoms with Crippen LogP contribution in [0.3, 0.4) is 0 Å². The number of phenolic OH excluding ortho intramolecular Hbond substituents is 8. The zero-order chi connectivity index (χ0) is 47.4. The quantitative estimate of drug-likeness (QED) is 0.0354. The van der Waals surface area contributed by atoms with Gasteiger partial charge >= 0.3 is 0 Å². The van der Waals surface area contributed by atoms with Gasteiger partial charge in [0.1, 0.15) is 46.0 Å². The summed E-state index contributed by atoms with van der Waals surface area (Å²) in [4.78, 5) is 12.6. The van der Waals surface area contributed by atoms with E-state index in [1.54, 1.807) is 109 Å². The van der Waals surface area contributed by atoms with E-state index < -0.39 is 0 Å². The maximum absolute atomic E-state index is 11.8. The molecule has 0 aromatic heterocycles. The van der Waals surface area contributed by atoms with E-state index in [2.05, 4.69) is 0 Å². The summed E-state index contributed by atoms with van der Waals surface area (Å²) in [6.45, 7) is 3.82. The molecular formula is C58H46O10. The molecule has 0 amide bonds. The van der Waals surface area contributed by atoms with Gasteiger partial charge in [0.15, 0.2) is 11.5 Å². The van der Waals surface area contributed by atoms with Crippen LogP contribution in [0.25, 0.3) is 43.1 Å². The number of benzene rings is 10. The Morgan fingerprint density at radius 1 is 0.294 bits per heavy atom. The number of hydrogen-bond donors (Lipinski definition) is 8. The molecular weight excluding hydrogens is 857 g/mol. The van der Waals surface area contributed by atoms with Crippen LogP contribution < -0.4 is 9.78 Å². The van der Waals surface area contributed by atoms with Crippen LogP contribution in [-0.2, 0) is 25.7 Å². The average molecular weight is 903 g/mol. The van der Waals surface area contributed by atoms with Crippen LogP contribution in [-0.4, -0.2) is 40.9 Å². The van der Waals surface area contributed by atoms with Gasteiger partial charge in [0.2, 0.25) is 0 Å². The van der Waals surface area contributed by atoms with Crippen LogP contribution in [0.4, 0.5) is 0 Å². The molecule has 0 unspecified atom stereocenters. The Kier molecular flexibility index (Phi) is 10.9. The summed E-state index contributed by atoms with van der Waals surface area (Å²) in [7, 11) is 0. The molecule has 0 fully saturated rings. The predicted molar refractivity (Wildman–Crippen MR) is 264 cm³/mol. The van der Waals surface area contributed by atoms with Crippen molar-refractivity contribution in [3.63, 3.8) is 0 Å². The highest BCUT2D eigenvalue weighted by atomic mass is 17.2. The first-order valence-corrected chi connectivity index (χ1v) is 22.1. The van der Waals surface area contributed by atoms with Gasteiger partial charge in [-0.25, -0.2) is 0 Å². The van der Waals surface area contributed by atoms with Gasteiger partial charge in [-0.1, -0.05) is 132 Å². The maximum atomic E-state index is 11.8. The SMILES string of the molecule is Cc1cc(Cc2cc(O)c3ccccc3c2O)c(O)c(Cc2cc(OOc3c(Cc4cc(C)cc(Cc5ccc6c(O)cccc6c5O)c4O)ccc4c(O)cccc34)c3ccccc3c2O)c1. The maximum Gasteiger partial charge on any atom is 0.190 e. The summed E-state index contributed by atoms with van der Waals surface area (Å²) < 4.78 is 0. The van der Waals surface area contributed by atoms with E-state index in [0.717, 1.165) is 11.1 Å². The van der Waals surface area contributed by atoms with Gasteiger partial charge in [0.05, 0.1) is 0 Å². The third kappa shape index (κ3) is 7.81. The van der Waals surface area contributed by atoms with Gasteiger partial charge < -0.3 is 40.9 Å². The molecule has 0 atom stereocenters. The fourth-order valence-corrected chi connectivity index (χ4v) is 9.54. The molecule has 68 heavy (non-hydrogen) atoms. The van der Waals surface area contributed by atoms with Crippen LogP contribution in [0.5, 0.6) is 57.5 Å². The molecule has 0 radical (unpaired) electrons. The smallest absolute Gasteiger partial charge is 0.190 e. The van der Waals surface area contributed by atoms with Crippen molar-refractivity contribution in [3.05, 3.63) is 201 Å². The Balaban J connectivity index is 0.988. The lowest BCUT2D eigenvalue weighted by Crippen LogP contribution is -2.06. The molecule has 0 spiro atoms. The van der Waals surface area contributed by atoms with Crippen molar-refractivity contribution in [1.82, 2.24) is 0 Å². The number of rotatable bonds is 11. The van der Waals surface area contributed by atoms with Crippen molar-refractivity contribution in [2.45, 2.75) is 39.5 Å². The molecule has 0 saturated carbocycles. The Bertz CT molecular complexity index is 3650. The average Bonchev–Trinajstić information content (AvgIpc) is 3.33. The molecule has 0 aliphatic heterocycles. The van der Waals surface area contributed by atoms with Crippen LogP contribution >= 0.6 is 0 Å². The Labute approximate surface area is 390 Å². The van der Waals surface area contributed by atoms with Crippen LogP contribution in [0.1, 0.15) is 55.6 Å². The van der Waals surface area contributed by atoms with E-state index in [4.69, 9.17) is 9.78 Å². The van der Waals surface area contributed by atoms with E-state index in [0.29, 0.717) is 87.6 Å². The Morgan fingerprint density at radius 2 is 0.676 bits per heavy atom. The highest BCUT2D eigenvalue weighted by molar-refractivity contribution is 5.97. The van der Waals surface area contributed by atoms with Gasteiger partial charge in [-0.2, -0.15) is 0 Å². The Morgan fingerprint density at radius 3 is 1.25 bits per heavy atom. The van der Waals surface area contributed by atoms with Crippen LogP contribution in [0.2, 0.25) is 0 Å². The molecule has 10 nitrogen and oxygen atoms in total. The van der Waals surface area contributed by atoms with E-state index in [1.807, 2.05) is 44.2 Å². The van der Waals surface area contributed by atoms with Crippen LogP contribution in [0, 0.1) is 13.8 Å². The second kappa shape index (κ2) is 17.2. The van der Waals surface area contributed by atoms with Gasteiger partial charge in [0, 0.05) is 85.5 Å². The number of aryl methyl sites for hydroxylation is 2. The van der Waals surface area contributed by atoms with E-state index in [1.165, 1.54) is 6.07 Å². The summed E-state index contributed by atoms with van der Waals surface area (Å²) in [5.41, 5.74) is 6.02. The first-order valence-electron chi connectivity index (χ1n) is 22.1. The summed E-state index contributed by atoms with van der Waals surface area (Å²) in [5.74, 6) is 0.712. The van der Waals surface area contributed by atoms with E-state index >= 15 is 0 Å².